The summed E-state index contributed by atoms with van der Waals surface area (Å²) in [5, 5.41) is 6.10. The summed E-state index contributed by atoms with van der Waals surface area (Å²) in [6.07, 6.45) is 1.15. The topological polar surface area (TPSA) is 53.6 Å². The molecule has 0 bridgehead atoms. The predicted octanol–water partition coefficient (Wildman–Crippen LogP) is -0.177. The van der Waals surface area contributed by atoms with Gasteiger partial charge in [0.05, 0.1) is 13.2 Å². The molecule has 1 unspecified atom stereocenters. The SMILES string of the molecule is CCCN(CC)CCNC(=O)C1COCCN1. The maximum Gasteiger partial charge on any atom is 0.239 e. The largest absolute Gasteiger partial charge is 0.378 e. The Balaban J connectivity index is 2.14. The van der Waals surface area contributed by atoms with Crippen LogP contribution in [0.4, 0.5) is 0 Å². The zero-order valence-electron chi connectivity index (χ0n) is 11.0. The number of carbonyl (C=O) groups excluding carboxylic acids is 1. The van der Waals surface area contributed by atoms with Crippen molar-refractivity contribution in [1.29, 1.82) is 0 Å². The van der Waals surface area contributed by atoms with Crippen molar-refractivity contribution < 1.29 is 9.53 Å². The van der Waals surface area contributed by atoms with E-state index >= 15 is 0 Å². The molecule has 100 valence electrons. The van der Waals surface area contributed by atoms with Gasteiger partial charge in [-0.15, -0.1) is 0 Å². The zero-order valence-corrected chi connectivity index (χ0v) is 11.0. The average molecular weight is 243 g/mol. The molecule has 0 aromatic carbocycles. The van der Waals surface area contributed by atoms with Gasteiger partial charge in [0, 0.05) is 19.6 Å². The number of rotatable bonds is 7. The molecule has 0 aromatic heterocycles. The van der Waals surface area contributed by atoms with Crippen molar-refractivity contribution in [2.75, 3.05) is 45.9 Å². The predicted molar refractivity (Wildman–Crippen MR) is 68.0 cm³/mol. The fourth-order valence-corrected chi connectivity index (χ4v) is 1.94. The number of nitrogens with zero attached hydrogens (tertiary/aromatic N) is 1. The van der Waals surface area contributed by atoms with Gasteiger partial charge in [-0.25, -0.2) is 0 Å². The van der Waals surface area contributed by atoms with Crippen LogP contribution in [0.1, 0.15) is 20.3 Å². The normalized spacial score (nSPS) is 20.5. The van der Waals surface area contributed by atoms with Crippen molar-refractivity contribution in [3.63, 3.8) is 0 Å². The Kier molecular flexibility index (Phi) is 7.16. The molecule has 1 atom stereocenters. The summed E-state index contributed by atoms with van der Waals surface area (Å²) >= 11 is 0. The third-order valence-corrected chi connectivity index (χ3v) is 2.95. The molecular formula is C12H25N3O2. The van der Waals surface area contributed by atoms with Crippen molar-refractivity contribution in [3.05, 3.63) is 0 Å². The highest BCUT2D eigenvalue weighted by Gasteiger charge is 2.20. The van der Waals surface area contributed by atoms with Crippen LogP contribution in [0.5, 0.6) is 0 Å². The molecule has 1 rings (SSSR count). The number of carbonyl (C=O) groups is 1. The van der Waals surface area contributed by atoms with Gasteiger partial charge in [0.25, 0.3) is 0 Å². The number of morpholine rings is 1. The first kappa shape index (κ1) is 14.4. The van der Waals surface area contributed by atoms with Gasteiger partial charge < -0.3 is 20.3 Å². The molecule has 17 heavy (non-hydrogen) atoms. The molecule has 5 nitrogen and oxygen atoms in total. The van der Waals surface area contributed by atoms with E-state index in [1.807, 2.05) is 0 Å². The second-order valence-corrected chi connectivity index (χ2v) is 4.31. The van der Waals surface area contributed by atoms with Crippen LogP contribution in [0.15, 0.2) is 0 Å². The number of ether oxygens (including phenoxy) is 1. The molecule has 0 aromatic rings. The Bertz CT molecular complexity index is 218. The van der Waals surface area contributed by atoms with E-state index in [1.54, 1.807) is 0 Å². The summed E-state index contributed by atoms with van der Waals surface area (Å²) in [4.78, 5) is 14.1. The minimum atomic E-state index is -0.176. The van der Waals surface area contributed by atoms with E-state index in [0.29, 0.717) is 19.8 Å². The van der Waals surface area contributed by atoms with Crippen molar-refractivity contribution >= 4 is 5.91 Å². The summed E-state index contributed by atoms with van der Waals surface area (Å²) in [5.74, 6) is 0.0530. The van der Waals surface area contributed by atoms with E-state index in [1.165, 1.54) is 0 Å². The number of hydrogen-bond acceptors (Lipinski definition) is 4. The molecule has 1 amide bonds. The molecule has 2 N–H and O–H groups in total. The first-order valence-electron chi connectivity index (χ1n) is 6.59. The van der Waals surface area contributed by atoms with Gasteiger partial charge in [-0.3, -0.25) is 4.79 Å². The second-order valence-electron chi connectivity index (χ2n) is 4.31. The fraction of sp³-hybridized carbons (Fsp3) is 0.917. The van der Waals surface area contributed by atoms with E-state index in [-0.39, 0.29) is 11.9 Å². The zero-order chi connectivity index (χ0) is 12.5. The third-order valence-electron chi connectivity index (χ3n) is 2.95. The van der Waals surface area contributed by atoms with Crippen molar-refractivity contribution in [2.24, 2.45) is 0 Å². The summed E-state index contributed by atoms with van der Waals surface area (Å²) in [7, 11) is 0. The molecule has 0 saturated carbocycles. The Labute approximate surface area is 104 Å². The molecule has 0 aliphatic carbocycles. The van der Waals surface area contributed by atoms with Gasteiger partial charge in [0.2, 0.25) is 5.91 Å². The van der Waals surface area contributed by atoms with Gasteiger partial charge in [-0.1, -0.05) is 13.8 Å². The van der Waals surface area contributed by atoms with E-state index in [4.69, 9.17) is 4.74 Å². The monoisotopic (exact) mass is 243 g/mol. The maximum absolute atomic E-state index is 11.8. The van der Waals surface area contributed by atoms with E-state index in [0.717, 1.165) is 32.6 Å². The van der Waals surface area contributed by atoms with Crippen LogP contribution in [-0.2, 0) is 9.53 Å². The Morgan fingerprint density at radius 1 is 1.47 bits per heavy atom. The van der Waals surface area contributed by atoms with Gasteiger partial charge in [0.1, 0.15) is 6.04 Å². The lowest BCUT2D eigenvalue weighted by atomic mass is 10.2. The minimum absolute atomic E-state index is 0.0530. The smallest absolute Gasteiger partial charge is 0.239 e. The van der Waals surface area contributed by atoms with E-state index in [9.17, 15) is 4.79 Å². The van der Waals surface area contributed by atoms with Crippen LogP contribution < -0.4 is 10.6 Å². The van der Waals surface area contributed by atoms with E-state index < -0.39 is 0 Å². The molecule has 1 aliphatic heterocycles. The molecular weight excluding hydrogens is 218 g/mol. The lowest BCUT2D eigenvalue weighted by Gasteiger charge is -2.24. The summed E-state index contributed by atoms with van der Waals surface area (Å²) in [6.45, 7) is 10.0. The average Bonchev–Trinajstić information content (AvgIpc) is 2.38. The van der Waals surface area contributed by atoms with Crippen molar-refractivity contribution in [1.82, 2.24) is 15.5 Å². The van der Waals surface area contributed by atoms with Crippen LogP contribution in [0, 0.1) is 0 Å². The lowest BCUT2D eigenvalue weighted by molar-refractivity contribution is -0.125. The van der Waals surface area contributed by atoms with Gasteiger partial charge in [-0.2, -0.15) is 0 Å². The van der Waals surface area contributed by atoms with Crippen LogP contribution in [-0.4, -0.2) is 62.8 Å². The van der Waals surface area contributed by atoms with Crippen LogP contribution in [0.3, 0.4) is 0 Å². The fourth-order valence-electron chi connectivity index (χ4n) is 1.94. The first-order valence-corrected chi connectivity index (χ1v) is 6.59. The first-order chi connectivity index (χ1) is 8.27. The van der Waals surface area contributed by atoms with Gasteiger partial charge >= 0.3 is 0 Å². The summed E-state index contributed by atoms with van der Waals surface area (Å²) < 4.78 is 5.26. The van der Waals surface area contributed by atoms with Gasteiger partial charge in [0.15, 0.2) is 0 Å². The number of likely N-dealkylation sites (N-methyl/N-ethyl adjacent to an activating group) is 1. The number of nitrogens with one attached hydrogen (secondary N) is 2. The summed E-state index contributed by atoms with van der Waals surface area (Å²) in [6, 6.07) is -0.176. The standard InChI is InChI=1S/C12H25N3O2/c1-3-7-15(4-2)8-5-14-12(16)11-10-17-9-6-13-11/h11,13H,3-10H2,1-2H3,(H,14,16). The Hall–Kier alpha value is -0.650. The Morgan fingerprint density at radius 3 is 2.88 bits per heavy atom. The lowest BCUT2D eigenvalue weighted by Crippen LogP contribution is -2.52. The number of amides is 1. The van der Waals surface area contributed by atoms with Crippen molar-refractivity contribution in [3.8, 4) is 0 Å². The summed E-state index contributed by atoms with van der Waals surface area (Å²) in [5.41, 5.74) is 0. The minimum Gasteiger partial charge on any atom is -0.378 e. The molecule has 1 saturated heterocycles. The van der Waals surface area contributed by atoms with Gasteiger partial charge in [-0.05, 0) is 19.5 Å². The van der Waals surface area contributed by atoms with E-state index in [2.05, 4.69) is 29.4 Å². The highest BCUT2D eigenvalue weighted by molar-refractivity contribution is 5.81. The third kappa shape index (κ3) is 5.48. The molecule has 1 heterocycles. The molecule has 1 aliphatic rings. The highest BCUT2D eigenvalue weighted by Crippen LogP contribution is 1.93. The Morgan fingerprint density at radius 2 is 2.29 bits per heavy atom. The molecule has 0 spiro atoms. The molecule has 5 heteroatoms. The number of hydrogen-bond donors (Lipinski definition) is 2. The molecule has 1 fully saturated rings. The van der Waals surface area contributed by atoms with Crippen molar-refractivity contribution in [2.45, 2.75) is 26.3 Å². The van der Waals surface area contributed by atoms with Crippen LogP contribution in [0.2, 0.25) is 0 Å². The maximum atomic E-state index is 11.8. The molecule has 0 radical (unpaired) electrons. The second kappa shape index (κ2) is 8.44. The van der Waals surface area contributed by atoms with Crippen LogP contribution in [0.25, 0.3) is 0 Å². The highest BCUT2D eigenvalue weighted by atomic mass is 16.5. The van der Waals surface area contributed by atoms with Crippen LogP contribution >= 0.6 is 0 Å². The quantitative estimate of drug-likeness (QED) is 0.651.